The Morgan fingerprint density at radius 3 is 2.29 bits per heavy atom. The third-order valence-corrected chi connectivity index (χ3v) is 2.28. The summed E-state index contributed by atoms with van der Waals surface area (Å²) in [6.07, 6.45) is -0.563. The number of hydrogen-bond donors (Lipinski definition) is 5. The number of carboxylic acids is 1. The van der Waals surface area contributed by atoms with Crippen LogP contribution in [0.25, 0.3) is 0 Å². The Morgan fingerprint density at radius 1 is 1.29 bits per heavy atom. The first-order valence-electron chi connectivity index (χ1n) is 6.52. The van der Waals surface area contributed by atoms with Crippen molar-refractivity contribution < 1.29 is 24.2 Å². The second-order valence-corrected chi connectivity index (χ2v) is 5.47. The summed E-state index contributed by atoms with van der Waals surface area (Å²) >= 11 is 0. The minimum absolute atomic E-state index is 0.166. The van der Waals surface area contributed by atoms with E-state index in [1.54, 1.807) is 20.8 Å². The molecule has 0 aromatic rings. The SMILES string of the molecule is CC(C)(C)OC(=O)NC(CCN)C(=O)NC[C@H](N)C(=O)O. The fourth-order valence-electron chi connectivity index (χ4n) is 1.31. The zero-order chi connectivity index (χ0) is 16.6. The van der Waals surface area contributed by atoms with Gasteiger partial charge in [-0.05, 0) is 33.7 Å². The summed E-state index contributed by atoms with van der Waals surface area (Å²) in [5.74, 6) is -1.80. The zero-order valence-corrected chi connectivity index (χ0v) is 12.5. The van der Waals surface area contributed by atoms with E-state index in [0.717, 1.165) is 0 Å². The van der Waals surface area contributed by atoms with E-state index in [9.17, 15) is 14.4 Å². The number of nitrogens with two attached hydrogens (primary N) is 2. The van der Waals surface area contributed by atoms with Crippen molar-refractivity contribution >= 4 is 18.0 Å². The van der Waals surface area contributed by atoms with E-state index in [1.807, 2.05) is 0 Å². The summed E-state index contributed by atoms with van der Waals surface area (Å²) < 4.78 is 5.04. The normalized spacial score (nSPS) is 14.0. The number of carbonyl (C=O) groups excluding carboxylic acids is 2. The average Bonchev–Trinajstić information content (AvgIpc) is 2.32. The first-order valence-corrected chi connectivity index (χ1v) is 6.52. The molecule has 0 radical (unpaired) electrons. The third kappa shape index (κ3) is 8.82. The quantitative estimate of drug-likeness (QED) is 0.393. The Labute approximate surface area is 123 Å². The van der Waals surface area contributed by atoms with Crippen LogP contribution in [0.1, 0.15) is 27.2 Å². The van der Waals surface area contributed by atoms with Crippen molar-refractivity contribution in [1.82, 2.24) is 10.6 Å². The van der Waals surface area contributed by atoms with Gasteiger partial charge in [-0.25, -0.2) is 4.79 Å². The highest BCUT2D eigenvalue weighted by molar-refractivity contribution is 5.86. The first kappa shape index (κ1) is 19.1. The van der Waals surface area contributed by atoms with E-state index >= 15 is 0 Å². The van der Waals surface area contributed by atoms with Gasteiger partial charge in [-0.1, -0.05) is 0 Å². The summed E-state index contributed by atoms with van der Waals surface area (Å²) in [7, 11) is 0. The molecule has 0 aliphatic carbocycles. The van der Waals surface area contributed by atoms with Crippen LogP contribution in [0, 0.1) is 0 Å². The standard InChI is InChI=1S/C12H24N4O5/c1-12(2,3)21-11(20)16-8(4-5-13)9(17)15-6-7(14)10(18)19/h7-8H,4-6,13-14H2,1-3H3,(H,15,17)(H,16,20)(H,18,19)/t7-,8?/m0/s1. The molecule has 0 fully saturated rings. The molecule has 0 aromatic carbocycles. The van der Waals surface area contributed by atoms with Crippen LogP contribution in [-0.2, 0) is 14.3 Å². The van der Waals surface area contributed by atoms with Gasteiger partial charge in [0.2, 0.25) is 5.91 Å². The molecule has 122 valence electrons. The van der Waals surface area contributed by atoms with E-state index < -0.39 is 35.7 Å². The molecular formula is C12H24N4O5. The van der Waals surface area contributed by atoms with Gasteiger partial charge in [0.15, 0.2) is 0 Å². The summed E-state index contributed by atoms with van der Waals surface area (Å²) in [5.41, 5.74) is 9.96. The second kappa shape index (κ2) is 8.42. The lowest BCUT2D eigenvalue weighted by atomic mass is 10.2. The molecule has 2 atom stereocenters. The average molecular weight is 304 g/mol. The van der Waals surface area contributed by atoms with Gasteiger partial charge in [-0.15, -0.1) is 0 Å². The van der Waals surface area contributed by atoms with Gasteiger partial charge in [0.25, 0.3) is 0 Å². The predicted molar refractivity (Wildman–Crippen MR) is 75.5 cm³/mol. The van der Waals surface area contributed by atoms with Gasteiger partial charge in [0.05, 0.1) is 0 Å². The number of carbonyl (C=O) groups is 3. The molecule has 7 N–H and O–H groups in total. The van der Waals surface area contributed by atoms with Crippen molar-refractivity contribution in [2.24, 2.45) is 11.5 Å². The van der Waals surface area contributed by atoms with Crippen LogP contribution in [0.2, 0.25) is 0 Å². The van der Waals surface area contributed by atoms with E-state index in [-0.39, 0.29) is 19.5 Å². The van der Waals surface area contributed by atoms with Gasteiger partial charge in [-0.2, -0.15) is 0 Å². The van der Waals surface area contributed by atoms with Crippen molar-refractivity contribution in [2.75, 3.05) is 13.1 Å². The maximum atomic E-state index is 11.9. The maximum absolute atomic E-state index is 11.9. The number of aliphatic carboxylic acids is 1. The van der Waals surface area contributed by atoms with Crippen molar-refractivity contribution in [3.8, 4) is 0 Å². The number of carboxylic acid groups (broad SMARTS) is 1. The lowest BCUT2D eigenvalue weighted by molar-refractivity contribution is -0.138. The van der Waals surface area contributed by atoms with Crippen molar-refractivity contribution in [3.63, 3.8) is 0 Å². The second-order valence-electron chi connectivity index (χ2n) is 5.47. The monoisotopic (exact) mass is 304 g/mol. The van der Waals surface area contributed by atoms with Crippen LogP contribution in [0.15, 0.2) is 0 Å². The largest absolute Gasteiger partial charge is 0.480 e. The highest BCUT2D eigenvalue weighted by atomic mass is 16.6. The number of ether oxygens (including phenoxy) is 1. The molecular weight excluding hydrogens is 280 g/mol. The first-order chi connectivity index (χ1) is 9.56. The molecule has 21 heavy (non-hydrogen) atoms. The van der Waals surface area contributed by atoms with Crippen molar-refractivity contribution in [1.29, 1.82) is 0 Å². The van der Waals surface area contributed by atoms with Crippen LogP contribution in [0.5, 0.6) is 0 Å². The van der Waals surface area contributed by atoms with E-state index in [1.165, 1.54) is 0 Å². The molecule has 0 aromatic heterocycles. The molecule has 0 rings (SSSR count). The van der Waals surface area contributed by atoms with E-state index in [4.69, 9.17) is 21.3 Å². The number of hydrogen-bond acceptors (Lipinski definition) is 6. The molecule has 0 aliphatic rings. The molecule has 0 bridgehead atoms. The van der Waals surface area contributed by atoms with Gasteiger partial charge in [0.1, 0.15) is 17.7 Å². The Morgan fingerprint density at radius 2 is 1.86 bits per heavy atom. The Hall–Kier alpha value is -1.87. The van der Waals surface area contributed by atoms with E-state index in [2.05, 4.69) is 10.6 Å². The molecule has 0 spiro atoms. The number of amides is 2. The predicted octanol–water partition coefficient (Wildman–Crippen LogP) is -1.24. The zero-order valence-electron chi connectivity index (χ0n) is 12.5. The third-order valence-electron chi connectivity index (χ3n) is 2.28. The van der Waals surface area contributed by atoms with Gasteiger partial charge >= 0.3 is 12.1 Å². The van der Waals surface area contributed by atoms with Gasteiger partial charge < -0.3 is 31.9 Å². The molecule has 1 unspecified atom stereocenters. The number of nitrogens with one attached hydrogen (secondary N) is 2. The van der Waals surface area contributed by atoms with Crippen LogP contribution in [0.4, 0.5) is 4.79 Å². The molecule has 9 nitrogen and oxygen atoms in total. The summed E-state index contributed by atoms with van der Waals surface area (Å²) in [6, 6.07) is -2.13. The number of alkyl carbamates (subject to hydrolysis) is 1. The summed E-state index contributed by atoms with van der Waals surface area (Å²) in [4.78, 5) is 34.1. The lowest BCUT2D eigenvalue weighted by Crippen LogP contribution is -2.52. The maximum Gasteiger partial charge on any atom is 0.408 e. The van der Waals surface area contributed by atoms with Crippen molar-refractivity contribution in [2.45, 2.75) is 44.9 Å². The molecule has 0 saturated heterocycles. The van der Waals surface area contributed by atoms with Crippen molar-refractivity contribution in [3.05, 3.63) is 0 Å². The minimum atomic E-state index is -1.23. The van der Waals surface area contributed by atoms with Gasteiger partial charge in [0, 0.05) is 6.54 Å². The van der Waals surface area contributed by atoms with Crippen LogP contribution in [-0.4, -0.2) is 53.9 Å². The van der Waals surface area contributed by atoms with Crippen LogP contribution >= 0.6 is 0 Å². The molecule has 2 amide bonds. The molecule has 0 aliphatic heterocycles. The smallest absolute Gasteiger partial charge is 0.408 e. The minimum Gasteiger partial charge on any atom is -0.480 e. The van der Waals surface area contributed by atoms with Crippen LogP contribution in [0.3, 0.4) is 0 Å². The number of rotatable bonds is 7. The fraction of sp³-hybridized carbons (Fsp3) is 0.750. The Kier molecular flexibility index (Phi) is 7.67. The molecule has 0 heterocycles. The Balaban J connectivity index is 4.49. The lowest BCUT2D eigenvalue weighted by Gasteiger charge is -2.23. The van der Waals surface area contributed by atoms with Gasteiger partial charge in [-0.3, -0.25) is 9.59 Å². The topological polar surface area (TPSA) is 157 Å². The molecule has 9 heteroatoms. The van der Waals surface area contributed by atoms with Crippen LogP contribution < -0.4 is 22.1 Å². The highest BCUT2D eigenvalue weighted by Crippen LogP contribution is 2.07. The highest BCUT2D eigenvalue weighted by Gasteiger charge is 2.24. The summed E-state index contributed by atoms with van der Waals surface area (Å²) in [6.45, 7) is 4.99. The Bertz CT molecular complexity index is 380. The summed E-state index contributed by atoms with van der Waals surface area (Å²) in [5, 5.41) is 13.4. The van der Waals surface area contributed by atoms with E-state index in [0.29, 0.717) is 0 Å². The molecule has 0 saturated carbocycles. The fourth-order valence-corrected chi connectivity index (χ4v) is 1.31.